The Morgan fingerprint density at radius 2 is 2.04 bits per heavy atom. The van der Waals surface area contributed by atoms with Crippen LogP contribution in [0.2, 0.25) is 0 Å². The molecule has 0 bridgehead atoms. The van der Waals surface area contributed by atoms with Crippen LogP contribution < -0.4 is 5.32 Å². The van der Waals surface area contributed by atoms with E-state index in [1.54, 1.807) is 55.3 Å². The molecule has 3 aromatic heterocycles. The molecule has 0 aliphatic carbocycles. The molecule has 4 aromatic rings. The number of pyridine rings is 1. The molecule has 10 heteroatoms. The molecule has 0 aliphatic heterocycles. The number of nitrogens with zero attached hydrogens (tertiary/aromatic N) is 4. The summed E-state index contributed by atoms with van der Waals surface area (Å²) in [6, 6.07) is 4.86. The van der Waals surface area contributed by atoms with Crippen molar-refractivity contribution in [2.75, 3.05) is 11.6 Å². The standard InChI is InChI=1S/C18H20N6O3S/c1-18(2,25)10-24-9-11(7-20-24)21-17-16-14(8-19-23-16)13-5-4-12(28(3,26)27)6-15(13)22-17/h4-9,25H,10H2,1-3H3,(H,19,23)(H,21,22). The molecule has 4 rings (SSSR count). The maximum atomic E-state index is 11.9. The highest BCUT2D eigenvalue weighted by Gasteiger charge is 2.16. The summed E-state index contributed by atoms with van der Waals surface area (Å²) >= 11 is 0. The van der Waals surface area contributed by atoms with E-state index in [0.717, 1.165) is 10.8 Å². The Labute approximate surface area is 161 Å². The van der Waals surface area contributed by atoms with Crippen LogP contribution in [0.4, 0.5) is 11.5 Å². The van der Waals surface area contributed by atoms with Crippen LogP contribution in [0.1, 0.15) is 13.8 Å². The van der Waals surface area contributed by atoms with Crippen molar-refractivity contribution in [2.24, 2.45) is 0 Å². The quantitative estimate of drug-likeness (QED) is 0.469. The van der Waals surface area contributed by atoms with E-state index >= 15 is 0 Å². The number of rotatable bonds is 5. The molecule has 0 unspecified atom stereocenters. The van der Waals surface area contributed by atoms with Crippen molar-refractivity contribution in [2.45, 2.75) is 30.9 Å². The maximum Gasteiger partial charge on any atom is 0.175 e. The monoisotopic (exact) mass is 400 g/mol. The summed E-state index contributed by atoms with van der Waals surface area (Å²) in [5.41, 5.74) is 1.05. The van der Waals surface area contributed by atoms with Gasteiger partial charge in [0.25, 0.3) is 0 Å². The molecular formula is C18H20N6O3S. The van der Waals surface area contributed by atoms with E-state index in [9.17, 15) is 13.5 Å². The molecule has 0 amide bonds. The molecule has 0 spiro atoms. The highest BCUT2D eigenvalue weighted by molar-refractivity contribution is 7.90. The smallest absolute Gasteiger partial charge is 0.175 e. The molecule has 1 aromatic carbocycles. The molecule has 0 radical (unpaired) electrons. The lowest BCUT2D eigenvalue weighted by molar-refractivity contribution is 0.0578. The number of benzene rings is 1. The Kier molecular flexibility index (Phi) is 4.12. The predicted molar refractivity (Wildman–Crippen MR) is 106 cm³/mol. The van der Waals surface area contributed by atoms with E-state index in [1.807, 2.05) is 0 Å². The first-order valence-corrected chi connectivity index (χ1v) is 10.5. The van der Waals surface area contributed by atoms with Gasteiger partial charge in [0.05, 0.1) is 40.6 Å². The minimum absolute atomic E-state index is 0.208. The largest absolute Gasteiger partial charge is 0.389 e. The van der Waals surface area contributed by atoms with E-state index < -0.39 is 15.4 Å². The lowest BCUT2D eigenvalue weighted by Gasteiger charge is -2.16. The van der Waals surface area contributed by atoms with E-state index in [-0.39, 0.29) is 4.90 Å². The molecule has 0 saturated heterocycles. The van der Waals surface area contributed by atoms with Crippen molar-refractivity contribution in [1.82, 2.24) is 25.0 Å². The lowest BCUT2D eigenvalue weighted by Crippen LogP contribution is -2.26. The molecule has 146 valence electrons. The average molecular weight is 400 g/mol. The van der Waals surface area contributed by atoms with Gasteiger partial charge in [0.2, 0.25) is 0 Å². The van der Waals surface area contributed by atoms with Crippen molar-refractivity contribution in [3.63, 3.8) is 0 Å². The number of aromatic nitrogens is 5. The van der Waals surface area contributed by atoms with E-state index in [1.165, 1.54) is 6.26 Å². The van der Waals surface area contributed by atoms with Gasteiger partial charge in [0, 0.05) is 23.2 Å². The molecule has 28 heavy (non-hydrogen) atoms. The summed E-state index contributed by atoms with van der Waals surface area (Å²) in [5, 5.41) is 26.0. The first kappa shape index (κ1) is 18.4. The van der Waals surface area contributed by atoms with Crippen molar-refractivity contribution in [1.29, 1.82) is 0 Å². The van der Waals surface area contributed by atoms with Crippen LogP contribution in [0.15, 0.2) is 41.7 Å². The molecule has 3 heterocycles. The first-order valence-electron chi connectivity index (χ1n) is 8.59. The van der Waals surface area contributed by atoms with Crippen LogP contribution in [0.3, 0.4) is 0 Å². The second kappa shape index (κ2) is 6.28. The average Bonchev–Trinajstić information content (AvgIpc) is 3.22. The van der Waals surface area contributed by atoms with Crippen molar-refractivity contribution in [3.8, 4) is 0 Å². The second-order valence-electron chi connectivity index (χ2n) is 7.43. The fourth-order valence-electron chi connectivity index (χ4n) is 3.05. The maximum absolute atomic E-state index is 11.9. The van der Waals surface area contributed by atoms with Gasteiger partial charge in [-0.1, -0.05) is 6.07 Å². The van der Waals surface area contributed by atoms with E-state index in [2.05, 4.69) is 25.6 Å². The Morgan fingerprint density at radius 1 is 1.25 bits per heavy atom. The van der Waals surface area contributed by atoms with Crippen LogP contribution in [0.25, 0.3) is 21.8 Å². The van der Waals surface area contributed by atoms with Gasteiger partial charge in [0.1, 0.15) is 5.52 Å². The summed E-state index contributed by atoms with van der Waals surface area (Å²) in [4.78, 5) is 4.80. The highest BCUT2D eigenvalue weighted by atomic mass is 32.2. The second-order valence-corrected chi connectivity index (χ2v) is 9.45. The van der Waals surface area contributed by atoms with Gasteiger partial charge in [-0.25, -0.2) is 13.4 Å². The zero-order chi connectivity index (χ0) is 20.1. The summed E-state index contributed by atoms with van der Waals surface area (Å²) < 4.78 is 25.4. The van der Waals surface area contributed by atoms with Crippen molar-refractivity contribution >= 4 is 43.1 Å². The van der Waals surface area contributed by atoms with Gasteiger partial charge >= 0.3 is 0 Å². The van der Waals surface area contributed by atoms with Crippen LogP contribution in [0.5, 0.6) is 0 Å². The van der Waals surface area contributed by atoms with Gasteiger partial charge < -0.3 is 10.4 Å². The fourth-order valence-corrected chi connectivity index (χ4v) is 3.69. The summed E-state index contributed by atoms with van der Waals surface area (Å²) in [7, 11) is -3.34. The molecule has 9 nitrogen and oxygen atoms in total. The number of aliphatic hydroxyl groups is 1. The Balaban J connectivity index is 1.78. The normalized spacial score (nSPS) is 12.7. The fraction of sp³-hybridized carbons (Fsp3) is 0.278. The number of aromatic amines is 1. The third kappa shape index (κ3) is 3.56. The van der Waals surface area contributed by atoms with Gasteiger partial charge in [-0.3, -0.25) is 9.78 Å². The molecule has 3 N–H and O–H groups in total. The lowest BCUT2D eigenvalue weighted by atomic mass is 10.1. The van der Waals surface area contributed by atoms with Crippen LogP contribution in [0, 0.1) is 0 Å². The third-order valence-electron chi connectivity index (χ3n) is 4.24. The minimum Gasteiger partial charge on any atom is -0.389 e. The summed E-state index contributed by atoms with van der Waals surface area (Å²) in [5.74, 6) is 0.508. The number of anilines is 2. The zero-order valence-electron chi connectivity index (χ0n) is 15.6. The number of H-pyrrole nitrogens is 1. The molecule has 0 atom stereocenters. The number of hydrogen-bond acceptors (Lipinski definition) is 7. The molecule has 0 fully saturated rings. The zero-order valence-corrected chi connectivity index (χ0v) is 16.4. The summed E-state index contributed by atoms with van der Waals surface area (Å²) in [6.07, 6.45) is 6.24. The number of sulfone groups is 1. The SMILES string of the molecule is CC(C)(O)Cn1cc(Nc2nc3cc(S(C)(=O)=O)ccc3c3cn[nH]c23)cn1. The summed E-state index contributed by atoms with van der Waals surface area (Å²) in [6.45, 7) is 3.76. The Morgan fingerprint density at radius 3 is 2.75 bits per heavy atom. The number of nitrogens with one attached hydrogen (secondary N) is 2. The first-order chi connectivity index (χ1) is 13.1. The van der Waals surface area contributed by atoms with E-state index in [0.29, 0.717) is 29.1 Å². The van der Waals surface area contributed by atoms with Gasteiger partial charge in [0.15, 0.2) is 15.7 Å². The van der Waals surface area contributed by atoms with Crippen LogP contribution >= 0.6 is 0 Å². The number of fused-ring (bicyclic) bond motifs is 3. The van der Waals surface area contributed by atoms with Crippen LogP contribution in [-0.4, -0.2) is 50.3 Å². The molecular weight excluding hydrogens is 380 g/mol. The minimum atomic E-state index is -3.34. The molecule has 0 aliphatic rings. The predicted octanol–water partition coefficient (Wildman–Crippen LogP) is 2.23. The van der Waals surface area contributed by atoms with Crippen LogP contribution in [-0.2, 0) is 16.4 Å². The molecule has 0 saturated carbocycles. The van der Waals surface area contributed by atoms with Gasteiger partial charge in [-0.2, -0.15) is 10.2 Å². The topological polar surface area (TPSA) is 126 Å². The Hall–Kier alpha value is -2.98. The number of hydrogen-bond donors (Lipinski definition) is 3. The van der Waals surface area contributed by atoms with Crippen molar-refractivity contribution < 1.29 is 13.5 Å². The highest BCUT2D eigenvalue weighted by Crippen LogP contribution is 2.30. The van der Waals surface area contributed by atoms with Gasteiger partial charge in [-0.05, 0) is 26.0 Å². The van der Waals surface area contributed by atoms with Gasteiger partial charge in [-0.15, -0.1) is 0 Å². The Bertz CT molecular complexity index is 1280. The van der Waals surface area contributed by atoms with E-state index in [4.69, 9.17) is 0 Å². The van der Waals surface area contributed by atoms with Crippen molar-refractivity contribution in [3.05, 3.63) is 36.8 Å². The third-order valence-corrected chi connectivity index (χ3v) is 5.35.